The van der Waals surface area contributed by atoms with Crippen molar-refractivity contribution in [2.45, 2.75) is 62.0 Å². The lowest BCUT2D eigenvalue weighted by Crippen LogP contribution is -2.62. The molecule has 0 bridgehead atoms. The molecule has 1 aliphatic carbocycles. The van der Waals surface area contributed by atoms with E-state index in [0.717, 1.165) is 9.75 Å². The Morgan fingerprint density at radius 3 is 2.38 bits per heavy atom. The molecular weight excluding hydrogens is 759 g/mol. The van der Waals surface area contributed by atoms with Gasteiger partial charge in [-0.2, -0.15) is 0 Å². The quantitative estimate of drug-likeness (QED) is 0.198. The van der Waals surface area contributed by atoms with Gasteiger partial charge in [-0.15, -0.1) is 11.3 Å². The van der Waals surface area contributed by atoms with E-state index in [2.05, 4.69) is 0 Å². The molecule has 0 spiro atoms. The summed E-state index contributed by atoms with van der Waals surface area (Å²) in [6, 6.07) is 14.5. The number of ether oxygens (including phenoxy) is 10. The third kappa shape index (κ3) is 6.32. The molecule has 3 saturated heterocycles. The van der Waals surface area contributed by atoms with Gasteiger partial charge in [-0.25, -0.2) is 0 Å². The number of nitrogens with one attached hydrogen (secondary N) is 1. The number of methoxy groups -OCH3 is 2. The summed E-state index contributed by atoms with van der Waals surface area (Å²) in [5.74, 6) is -0.272. The van der Waals surface area contributed by atoms with Crippen molar-refractivity contribution in [3.05, 3.63) is 85.3 Å². The average molecular weight is 797 g/mol. The largest absolute Gasteiger partial charge is 0.493 e. The number of benzene rings is 2. The number of nitroso groups, excluding NO2 is 1. The van der Waals surface area contributed by atoms with Crippen LogP contribution in [0.15, 0.2) is 53.9 Å². The highest BCUT2D eigenvalue weighted by Gasteiger charge is 2.56. The zero-order valence-electron chi connectivity index (χ0n) is 29.8. The SMILES string of the molecule is COc1cc([C@@H]2c3cc4c(cc3[C@@H](OC3OC5COC(c6cccs6)OC5C(O)C3O)[C@H]3COC(=O)[C@H]23)OCO4)cc(OC)c1OC(C)c1ccc([NH+]=O)s1. The van der Waals surface area contributed by atoms with Gasteiger partial charge in [0.1, 0.15) is 30.5 Å². The van der Waals surface area contributed by atoms with Crippen molar-refractivity contribution < 1.29 is 67.6 Å². The van der Waals surface area contributed by atoms with E-state index in [1.807, 2.05) is 59.9 Å². The number of aliphatic hydroxyl groups is 2. The first kappa shape index (κ1) is 36.3. The molecule has 3 N–H and O–H groups in total. The molecule has 5 aliphatic rings. The second kappa shape index (κ2) is 14.6. The normalized spacial score (nSPS) is 31.1. The van der Waals surface area contributed by atoms with Gasteiger partial charge in [0.25, 0.3) is 0 Å². The fourth-order valence-electron chi connectivity index (χ4n) is 8.15. The van der Waals surface area contributed by atoms with Crippen LogP contribution in [0.25, 0.3) is 0 Å². The Hall–Kier alpha value is -4.33. The predicted molar refractivity (Wildman–Crippen MR) is 192 cm³/mol. The van der Waals surface area contributed by atoms with Crippen molar-refractivity contribution in [2.24, 2.45) is 11.8 Å². The highest BCUT2D eigenvalue weighted by Crippen LogP contribution is 2.57. The van der Waals surface area contributed by atoms with E-state index in [1.165, 1.54) is 36.9 Å². The maximum Gasteiger partial charge on any atom is 0.310 e. The van der Waals surface area contributed by atoms with E-state index >= 15 is 0 Å². The maximum absolute atomic E-state index is 13.8. The van der Waals surface area contributed by atoms with Crippen LogP contribution in [-0.4, -0.2) is 81.1 Å². The molecule has 17 heteroatoms. The number of cyclic esters (lactones) is 1. The van der Waals surface area contributed by atoms with Crippen LogP contribution in [0, 0.1) is 16.7 Å². The molecule has 0 amide bonds. The van der Waals surface area contributed by atoms with E-state index in [4.69, 9.17) is 47.4 Å². The first-order valence-electron chi connectivity index (χ1n) is 17.7. The minimum absolute atomic E-state index is 0.0119. The minimum Gasteiger partial charge on any atom is -0.493 e. The standard InChI is InChI=1S/C38H37NO14S2/c1-16(26-6-7-28(39-43)55-26)50-34-23(44-2)9-17(10-24(34)45-3)29-18-11-21-22(49-15-48-21)12-19(18)33(20-13-46-36(42)30(20)29)52-38-32(41)31(40)35-25(51-38)14-47-37(53-35)27-5-4-8-54-27/h4-12,16,20,25,29-33,35,37-38,40-41H,13-15H2,1-3H3/p+1/t16?,20-,25?,29+,30-,31?,32?,33+,35?,37?,38?/m0/s1. The van der Waals surface area contributed by atoms with Crippen LogP contribution >= 0.6 is 22.7 Å². The molecular formula is C38H38NO14S2+. The zero-order chi connectivity index (χ0) is 38.0. The number of esters is 1. The number of hydrogen-bond donors (Lipinski definition) is 3. The Kier molecular flexibility index (Phi) is 9.66. The summed E-state index contributed by atoms with van der Waals surface area (Å²) >= 11 is 2.74. The van der Waals surface area contributed by atoms with Crippen molar-refractivity contribution in [3.8, 4) is 28.7 Å². The fraction of sp³-hybridized carbons (Fsp3) is 0.447. The number of carbonyl (C=O) groups is 1. The van der Waals surface area contributed by atoms with Gasteiger partial charge in [0.05, 0.1) is 49.2 Å². The van der Waals surface area contributed by atoms with E-state index in [-0.39, 0.29) is 20.0 Å². The number of fused-ring (bicyclic) bond motifs is 4. The lowest BCUT2D eigenvalue weighted by Gasteiger charge is -2.48. The average Bonchev–Trinajstić information content (AvgIpc) is 4.04. The van der Waals surface area contributed by atoms with Crippen molar-refractivity contribution >= 4 is 33.6 Å². The molecule has 7 unspecified atom stereocenters. The molecule has 0 radical (unpaired) electrons. The molecule has 11 atom stereocenters. The predicted octanol–water partition coefficient (Wildman–Crippen LogP) is 3.73. The van der Waals surface area contributed by atoms with Crippen LogP contribution in [0.5, 0.6) is 28.7 Å². The number of rotatable bonds is 10. The number of carbonyl (C=O) groups excluding carboxylic acids is 1. The number of thiophene rings is 2. The Labute approximate surface area is 322 Å². The van der Waals surface area contributed by atoms with Gasteiger partial charge in [-0.1, -0.05) is 17.4 Å². The van der Waals surface area contributed by atoms with E-state index in [0.29, 0.717) is 50.4 Å². The zero-order valence-corrected chi connectivity index (χ0v) is 31.4. The van der Waals surface area contributed by atoms with Crippen LogP contribution in [-0.2, 0) is 28.5 Å². The van der Waals surface area contributed by atoms with Crippen LogP contribution in [0.3, 0.4) is 0 Å². The minimum atomic E-state index is -1.49. The Morgan fingerprint density at radius 1 is 0.927 bits per heavy atom. The summed E-state index contributed by atoms with van der Waals surface area (Å²) in [6.45, 7) is 1.99. The highest BCUT2D eigenvalue weighted by atomic mass is 32.1. The molecule has 3 fully saturated rings. The summed E-state index contributed by atoms with van der Waals surface area (Å²) in [6.07, 6.45) is -7.74. The first-order valence-corrected chi connectivity index (χ1v) is 19.4. The monoisotopic (exact) mass is 796 g/mol. The number of hydrogen-bond acceptors (Lipinski definition) is 16. The van der Waals surface area contributed by atoms with Crippen LogP contribution < -0.4 is 28.9 Å². The Bertz CT molecular complexity index is 2050. The molecule has 15 nitrogen and oxygen atoms in total. The summed E-state index contributed by atoms with van der Waals surface area (Å²) in [4.78, 5) is 26.7. The Balaban J connectivity index is 1.06. The lowest BCUT2D eigenvalue weighted by molar-refractivity contribution is -0.374. The van der Waals surface area contributed by atoms with Gasteiger partial charge in [0.15, 0.2) is 35.6 Å². The van der Waals surface area contributed by atoms with Crippen molar-refractivity contribution in [2.75, 3.05) is 34.2 Å². The van der Waals surface area contributed by atoms with E-state index < -0.39 is 72.9 Å². The van der Waals surface area contributed by atoms with Gasteiger partial charge in [-0.05, 0) is 65.4 Å². The van der Waals surface area contributed by atoms with Gasteiger partial charge in [0, 0.05) is 28.0 Å². The summed E-state index contributed by atoms with van der Waals surface area (Å²) < 4.78 is 60.3. The molecule has 0 saturated carbocycles. The van der Waals surface area contributed by atoms with E-state index in [9.17, 15) is 19.9 Å². The fourth-order valence-corrected chi connectivity index (χ4v) is 9.63. The second-order valence-electron chi connectivity index (χ2n) is 13.8. The molecule has 4 aromatic rings. The molecule has 2 aromatic carbocycles. The maximum atomic E-state index is 13.8. The topological polar surface area (TPSA) is 181 Å². The van der Waals surface area contributed by atoms with Crippen LogP contribution in [0.4, 0.5) is 5.00 Å². The Morgan fingerprint density at radius 2 is 1.69 bits per heavy atom. The third-order valence-electron chi connectivity index (χ3n) is 10.8. The van der Waals surface area contributed by atoms with Crippen LogP contribution in [0.2, 0.25) is 0 Å². The van der Waals surface area contributed by atoms with E-state index in [1.54, 1.807) is 6.07 Å². The van der Waals surface area contributed by atoms with Crippen LogP contribution in [0.1, 0.15) is 57.8 Å². The van der Waals surface area contributed by atoms with Gasteiger partial charge in [-0.3, -0.25) is 4.79 Å². The smallest absolute Gasteiger partial charge is 0.310 e. The molecule has 290 valence electrons. The first-order chi connectivity index (χ1) is 26.8. The molecule has 55 heavy (non-hydrogen) atoms. The molecule has 2 aromatic heterocycles. The molecule has 4 aliphatic heterocycles. The highest BCUT2D eigenvalue weighted by molar-refractivity contribution is 7.15. The third-order valence-corrected chi connectivity index (χ3v) is 12.8. The molecule has 6 heterocycles. The van der Waals surface area contributed by atoms with Gasteiger partial charge < -0.3 is 57.6 Å². The van der Waals surface area contributed by atoms with Crippen molar-refractivity contribution in [1.29, 1.82) is 0 Å². The second-order valence-corrected chi connectivity index (χ2v) is 15.9. The summed E-state index contributed by atoms with van der Waals surface area (Å²) in [5, 5.41) is 27.0. The van der Waals surface area contributed by atoms with Crippen molar-refractivity contribution in [1.82, 2.24) is 0 Å². The summed E-state index contributed by atoms with van der Waals surface area (Å²) in [5.41, 5.74) is 2.05. The summed E-state index contributed by atoms with van der Waals surface area (Å²) in [7, 11) is 3.03. The number of aliphatic hydroxyl groups excluding tert-OH is 2. The van der Waals surface area contributed by atoms with Gasteiger partial charge in [0.2, 0.25) is 12.5 Å². The lowest BCUT2D eigenvalue weighted by atomic mass is 9.66. The van der Waals surface area contributed by atoms with Crippen molar-refractivity contribution in [3.63, 3.8) is 0 Å². The van der Waals surface area contributed by atoms with Gasteiger partial charge >= 0.3 is 11.0 Å². The molecule has 9 rings (SSSR count).